The maximum Gasteiger partial charge on any atom is 0.350 e. The summed E-state index contributed by atoms with van der Waals surface area (Å²) in [5.74, 6) is 4.48. The topological polar surface area (TPSA) is 83.9 Å². The second kappa shape index (κ2) is 9.45. The number of anilines is 1. The summed E-state index contributed by atoms with van der Waals surface area (Å²) < 4.78 is 4.87. The molecule has 1 aliphatic carbocycles. The summed E-state index contributed by atoms with van der Waals surface area (Å²) in [6.45, 7) is 7.57. The summed E-state index contributed by atoms with van der Waals surface area (Å²) in [7, 11) is 1.26. The number of nitrogens with zero attached hydrogens (tertiary/aromatic N) is 1. The Kier molecular flexibility index (Phi) is 7.48. The Labute approximate surface area is 176 Å². The lowest BCUT2D eigenvalue weighted by molar-refractivity contribution is -0.137. The highest BCUT2D eigenvalue weighted by atomic mass is 32.1. The highest BCUT2D eigenvalue weighted by Crippen LogP contribution is 2.35. The molecule has 6 nitrogen and oxygen atoms in total. The van der Waals surface area contributed by atoms with Gasteiger partial charge >= 0.3 is 11.9 Å². The lowest BCUT2D eigenvalue weighted by Gasteiger charge is -2.30. The number of amides is 1. The Balaban J connectivity index is 2.46. The molecule has 1 heterocycles. The van der Waals surface area contributed by atoms with E-state index in [4.69, 9.17) is 4.74 Å². The molecule has 1 aliphatic rings. The first-order chi connectivity index (χ1) is 13.5. The van der Waals surface area contributed by atoms with E-state index in [1.54, 1.807) is 6.07 Å². The van der Waals surface area contributed by atoms with Gasteiger partial charge in [-0.2, -0.15) is 0 Å². The predicted molar refractivity (Wildman–Crippen MR) is 113 cm³/mol. The van der Waals surface area contributed by atoms with Gasteiger partial charge in [-0.05, 0) is 58.4 Å². The minimum atomic E-state index is -1.13. The van der Waals surface area contributed by atoms with E-state index < -0.39 is 18.5 Å². The van der Waals surface area contributed by atoms with Crippen LogP contribution in [0.2, 0.25) is 0 Å². The van der Waals surface area contributed by atoms with Crippen molar-refractivity contribution in [1.82, 2.24) is 0 Å². The molecule has 0 bridgehead atoms. The van der Waals surface area contributed by atoms with Crippen LogP contribution in [0.1, 0.15) is 67.9 Å². The molecule has 1 aromatic heterocycles. The maximum absolute atomic E-state index is 13.2. The number of thiophene rings is 1. The summed E-state index contributed by atoms with van der Waals surface area (Å²) in [6.07, 6.45) is 3.33. The van der Waals surface area contributed by atoms with Gasteiger partial charge < -0.3 is 9.84 Å². The van der Waals surface area contributed by atoms with E-state index in [2.05, 4.69) is 18.8 Å². The van der Waals surface area contributed by atoms with Crippen LogP contribution in [0.3, 0.4) is 0 Å². The number of carbonyl (C=O) groups excluding carboxylic acids is 2. The van der Waals surface area contributed by atoms with Crippen molar-refractivity contribution in [2.45, 2.75) is 53.4 Å². The van der Waals surface area contributed by atoms with Gasteiger partial charge in [0.05, 0.1) is 17.7 Å². The average molecular weight is 420 g/mol. The summed E-state index contributed by atoms with van der Waals surface area (Å²) in [5.41, 5.74) is 0.0383. The number of ether oxygens (including phenoxy) is 1. The van der Waals surface area contributed by atoms with Gasteiger partial charge in [0.25, 0.3) is 0 Å². The van der Waals surface area contributed by atoms with Crippen molar-refractivity contribution in [2.75, 3.05) is 18.6 Å². The number of methoxy groups -OCH3 is 1. The molecule has 1 N–H and O–H groups in total. The molecule has 29 heavy (non-hydrogen) atoms. The number of carboxylic acid groups (broad SMARTS) is 1. The third-order valence-electron chi connectivity index (χ3n) is 4.86. The molecular weight excluding hydrogens is 390 g/mol. The number of hydrogen-bond acceptors (Lipinski definition) is 5. The highest BCUT2D eigenvalue weighted by molar-refractivity contribution is 7.15. The number of esters is 1. The number of hydrogen-bond donors (Lipinski definition) is 1. The molecule has 7 heteroatoms. The second-order valence-corrected chi connectivity index (χ2v) is 9.64. The Morgan fingerprint density at radius 3 is 2.38 bits per heavy atom. The first-order valence-electron chi connectivity index (χ1n) is 9.80. The molecule has 0 saturated heterocycles. The molecule has 158 valence electrons. The van der Waals surface area contributed by atoms with Crippen molar-refractivity contribution >= 4 is 34.9 Å². The fraction of sp³-hybridized carbons (Fsp3) is 0.591. The number of carboxylic acids is 1. The monoisotopic (exact) mass is 419 g/mol. The molecule has 1 amide bonds. The van der Waals surface area contributed by atoms with Crippen molar-refractivity contribution in [3.8, 4) is 11.8 Å². The van der Waals surface area contributed by atoms with E-state index in [-0.39, 0.29) is 27.8 Å². The van der Waals surface area contributed by atoms with E-state index in [0.29, 0.717) is 10.8 Å². The Morgan fingerprint density at radius 1 is 1.24 bits per heavy atom. The highest BCUT2D eigenvalue weighted by Gasteiger charge is 2.33. The molecule has 0 aromatic carbocycles. The van der Waals surface area contributed by atoms with Gasteiger partial charge in [0.1, 0.15) is 11.4 Å². The predicted octanol–water partition coefficient (Wildman–Crippen LogP) is 4.18. The van der Waals surface area contributed by atoms with Gasteiger partial charge in [-0.3, -0.25) is 14.5 Å². The van der Waals surface area contributed by atoms with Gasteiger partial charge in [-0.1, -0.05) is 18.8 Å². The summed E-state index contributed by atoms with van der Waals surface area (Å²) in [6, 6.07) is 1.63. The second-order valence-electron chi connectivity index (χ2n) is 8.59. The summed E-state index contributed by atoms with van der Waals surface area (Å²) >= 11 is 1.12. The minimum absolute atomic E-state index is 0.199. The normalized spacial score (nSPS) is 19.1. The van der Waals surface area contributed by atoms with E-state index in [1.165, 1.54) is 12.0 Å². The lowest BCUT2D eigenvalue weighted by atomic mass is 9.82. The van der Waals surface area contributed by atoms with E-state index in [9.17, 15) is 19.5 Å². The molecule has 0 atom stereocenters. The first kappa shape index (κ1) is 23.0. The van der Waals surface area contributed by atoms with Crippen LogP contribution >= 0.6 is 11.3 Å². The van der Waals surface area contributed by atoms with Crippen molar-refractivity contribution in [3.05, 3.63) is 15.8 Å². The Hall–Kier alpha value is -2.33. The zero-order valence-electron chi connectivity index (χ0n) is 17.7. The van der Waals surface area contributed by atoms with Gasteiger partial charge in [-0.15, -0.1) is 11.3 Å². The Bertz CT molecular complexity index is 832. The molecule has 0 radical (unpaired) electrons. The smallest absolute Gasteiger partial charge is 0.350 e. The van der Waals surface area contributed by atoms with Gasteiger partial charge in [-0.25, -0.2) is 4.79 Å². The summed E-state index contributed by atoms with van der Waals surface area (Å²) in [5, 5.41) is 9.40. The molecule has 1 aromatic rings. The van der Waals surface area contributed by atoms with Crippen LogP contribution in [0, 0.1) is 29.1 Å². The number of carbonyl (C=O) groups is 3. The van der Waals surface area contributed by atoms with Crippen molar-refractivity contribution in [2.24, 2.45) is 17.3 Å². The third kappa shape index (κ3) is 6.33. The van der Waals surface area contributed by atoms with Crippen LogP contribution in [-0.4, -0.2) is 36.6 Å². The average Bonchev–Trinajstić information content (AvgIpc) is 3.07. The van der Waals surface area contributed by atoms with E-state index in [0.717, 1.165) is 37.0 Å². The van der Waals surface area contributed by atoms with E-state index in [1.807, 2.05) is 20.8 Å². The fourth-order valence-electron chi connectivity index (χ4n) is 3.28. The first-order valence-corrected chi connectivity index (χ1v) is 10.6. The van der Waals surface area contributed by atoms with Crippen molar-refractivity contribution in [3.63, 3.8) is 0 Å². The molecule has 1 saturated carbocycles. The molecule has 1 fully saturated rings. The zero-order chi connectivity index (χ0) is 21.8. The van der Waals surface area contributed by atoms with Gasteiger partial charge in [0.2, 0.25) is 5.91 Å². The SMILES string of the molecule is COC(=O)c1sc(C#CC(C)(C)C)cc1N(CC(=O)O)C(=O)C1CCC(C)CC1. The minimum Gasteiger partial charge on any atom is -0.480 e. The molecule has 2 rings (SSSR count). The zero-order valence-corrected chi connectivity index (χ0v) is 18.5. The fourth-order valence-corrected chi connectivity index (χ4v) is 4.21. The quantitative estimate of drug-likeness (QED) is 0.572. The van der Waals surface area contributed by atoms with Crippen LogP contribution in [0.5, 0.6) is 0 Å². The number of aliphatic carboxylic acids is 1. The largest absolute Gasteiger partial charge is 0.480 e. The van der Waals surface area contributed by atoms with Crippen LogP contribution < -0.4 is 4.90 Å². The third-order valence-corrected chi connectivity index (χ3v) is 5.88. The van der Waals surface area contributed by atoms with Crippen LogP contribution in [-0.2, 0) is 14.3 Å². The van der Waals surface area contributed by atoms with Crippen LogP contribution in [0.25, 0.3) is 0 Å². The van der Waals surface area contributed by atoms with Gasteiger partial charge in [0.15, 0.2) is 0 Å². The maximum atomic E-state index is 13.2. The van der Waals surface area contributed by atoms with E-state index >= 15 is 0 Å². The molecule has 0 unspecified atom stereocenters. The summed E-state index contributed by atoms with van der Waals surface area (Å²) in [4.78, 5) is 39.1. The van der Waals surface area contributed by atoms with Crippen molar-refractivity contribution in [1.29, 1.82) is 0 Å². The van der Waals surface area contributed by atoms with Gasteiger partial charge in [0, 0.05) is 11.3 Å². The lowest BCUT2D eigenvalue weighted by Crippen LogP contribution is -2.41. The van der Waals surface area contributed by atoms with Crippen LogP contribution in [0.4, 0.5) is 5.69 Å². The molecular formula is C22H29NO5S. The number of rotatable bonds is 5. The van der Waals surface area contributed by atoms with Crippen LogP contribution in [0.15, 0.2) is 6.07 Å². The standard InChI is InChI=1S/C22H29NO5S/c1-14-6-8-15(9-7-14)20(26)23(13-18(24)25)17-12-16(10-11-22(2,3)4)29-19(17)21(27)28-5/h12,14-15H,6-9,13H2,1-5H3,(H,24,25). The van der Waals surface area contributed by atoms with Crippen molar-refractivity contribution < 1.29 is 24.2 Å². The molecule has 0 spiro atoms. The molecule has 0 aliphatic heterocycles. The Morgan fingerprint density at radius 2 is 1.86 bits per heavy atom.